The Labute approximate surface area is 177 Å². The Bertz CT molecular complexity index is 959. The molecule has 30 heavy (non-hydrogen) atoms. The summed E-state index contributed by atoms with van der Waals surface area (Å²) in [7, 11) is 3.51. The number of ketones is 1. The summed E-state index contributed by atoms with van der Waals surface area (Å²) in [5, 5.41) is 3.68. The minimum Gasteiger partial charge on any atom is -0.493 e. The van der Waals surface area contributed by atoms with Crippen LogP contribution in [-0.2, 0) is 28.0 Å². The van der Waals surface area contributed by atoms with Crippen LogP contribution in [0.25, 0.3) is 0 Å². The van der Waals surface area contributed by atoms with Gasteiger partial charge in [-0.05, 0) is 43.0 Å². The highest BCUT2D eigenvalue weighted by Gasteiger charge is 2.65. The number of hydrogen-bond acceptors (Lipinski definition) is 5. The third-order valence-corrected chi connectivity index (χ3v) is 7.51. The molecular formula is C25H29NO4. The maximum absolute atomic E-state index is 12.7. The summed E-state index contributed by atoms with van der Waals surface area (Å²) in [5.74, 6) is 1.81. The quantitative estimate of drug-likeness (QED) is 0.821. The summed E-state index contributed by atoms with van der Waals surface area (Å²) >= 11 is 0. The lowest BCUT2D eigenvalue weighted by molar-refractivity contribution is -0.161. The summed E-state index contributed by atoms with van der Waals surface area (Å²) in [6.45, 7) is 1.35. The van der Waals surface area contributed by atoms with Crippen LogP contribution in [0.3, 0.4) is 0 Å². The van der Waals surface area contributed by atoms with Gasteiger partial charge >= 0.3 is 0 Å². The van der Waals surface area contributed by atoms with Crippen molar-refractivity contribution in [3.63, 3.8) is 0 Å². The van der Waals surface area contributed by atoms with Gasteiger partial charge in [0.25, 0.3) is 0 Å². The second-order valence-corrected chi connectivity index (χ2v) is 8.76. The lowest BCUT2D eigenvalue weighted by atomic mass is 9.49. The molecule has 1 N–H and O–H groups in total. The van der Waals surface area contributed by atoms with Gasteiger partial charge in [-0.1, -0.05) is 36.4 Å². The van der Waals surface area contributed by atoms with E-state index in [4.69, 9.17) is 14.2 Å². The first-order valence-corrected chi connectivity index (χ1v) is 10.8. The molecule has 2 aromatic carbocycles. The minimum absolute atomic E-state index is 0.206. The molecule has 1 heterocycles. The van der Waals surface area contributed by atoms with Crippen molar-refractivity contribution >= 4 is 5.78 Å². The molecular weight excluding hydrogens is 378 g/mol. The van der Waals surface area contributed by atoms with Gasteiger partial charge in [-0.3, -0.25) is 4.79 Å². The van der Waals surface area contributed by atoms with E-state index in [1.54, 1.807) is 14.2 Å². The summed E-state index contributed by atoms with van der Waals surface area (Å²) < 4.78 is 18.5. The molecule has 158 valence electrons. The zero-order valence-electron chi connectivity index (χ0n) is 17.7. The number of hydrogen-bond donors (Lipinski definition) is 1. The van der Waals surface area contributed by atoms with Gasteiger partial charge in [0.2, 0.25) is 0 Å². The lowest BCUT2D eigenvalue weighted by Gasteiger charge is -2.62. The number of ether oxygens (including phenoxy) is 3. The molecule has 0 amide bonds. The van der Waals surface area contributed by atoms with Gasteiger partial charge in [0.1, 0.15) is 12.4 Å². The highest BCUT2D eigenvalue weighted by Crippen LogP contribution is 2.60. The summed E-state index contributed by atoms with van der Waals surface area (Å²) in [5.41, 5.74) is 2.70. The van der Waals surface area contributed by atoms with E-state index < -0.39 is 5.60 Å². The van der Waals surface area contributed by atoms with E-state index in [-0.39, 0.29) is 11.5 Å². The van der Waals surface area contributed by atoms with Crippen LogP contribution in [0.15, 0.2) is 42.5 Å². The maximum atomic E-state index is 12.7. The van der Waals surface area contributed by atoms with Gasteiger partial charge < -0.3 is 19.5 Å². The van der Waals surface area contributed by atoms with Crippen molar-refractivity contribution in [1.82, 2.24) is 5.32 Å². The fourth-order valence-electron chi connectivity index (χ4n) is 6.24. The number of carbonyl (C=O) groups is 1. The molecule has 1 saturated carbocycles. The average Bonchev–Trinajstić information content (AvgIpc) is 2.77. The van der Waals surface area contributed by atoms with Crippen molar-refractivity contribution in [2.75, 3.05) is 20.8 Å². The van der Waals surface area contributed by atoms with Crippen molar-refractivity contribution in [2.45, 2.75) is 55.8 Å². The van der Waals surface area contributed by atoms with E-state index in [1.807, 2.05) is 24.3 Å². The van der Waals surface area contributed by atoms with Crippen LogP contribution in [0, 0.1) is 0 Å². The molecule has 0 aromatic heterocycles. The number of Topliss-reactive ketones (excluding diaryl/α,β-unsaturated/α-hetero) is 1. The van der Waals surface area contributed by atoms with Gasteiger partial charge in [0.15, 0.2) is 11.5 Å². The van der Waals surface area contributed by atoms with Gasteiger partial charge in [-0.15, -0.1) is 0 Å². The minimum atomic E-state index is -0.391. The second-order valence-electron chi connectivity index (χ2n) is 8.76. The molecule has 3 atom stereocenters. The summed E-state index contributed by atoms with van der Waals surface area (Å²) in [4.78, 5) is 12.7. The smallest absolute Gasteiger partial charge is 0.164 e. The van der Waals surface area contributed by atoms with Gasteiger partial charge in [-0.25, -0.2) is 0 Å². The Hall–Kier alpha value is -2.37. The predicted molar refractivity (Wildman–Crippen MR) is 114 cm³/mol. The van der Waals surface area contributed by atoms with Crippen molar-refractivity contribution in [2.24, 2.45) is 0 Å². The van der Waals surface area contributed by atoms with E-state index in [1.165, 1.54) is 5.56 Å². The Morgan fingerprint density at radius 3 is 2.70 bits per heavy atom. The standard InChI is InChI=1S/C25H29NO4/c1-28-23-20(30-16-17-6-4-3-5-7-17)9-8-18-14-21-25(29-2)11-10-19(27)15-24(25,22(18)23)12-13-26-21/h3-9,21,26H,10-16H2,1-2H3/t21-,24-,25+/m0/s1. The molecule has 5 rings (SSSR count). The second kappa shape index (κ2) is 7.40. The van der Waals surface area contributed by atoms with E-state index in [0.717, 1.165) is 48.4 Å². The fourth-order valence-corrected chi connectivity index (χ4v) is 6.24. The monoisotopic (exact) mass is 407 g/mol. The number of benzene rings is 2. The predicted octanol–water partition coefficient (Wildman–Crippen LogP) is 3.57. The van der Waals surface area contributed by atoms with Crippen LogP contribution >= 0.6 is 0 Å². The topological polar surface area (TPSA) is 56.8 Å². The number of nitrogens with one attached hydrogen (secondary N) is 1. The van der Waals surface area contributed by atoms with Crippen molar-refractivity contribution in [3.05, 3.63) is 59.2 Å². The molecule has 2 fully saturated rings. The molecule has 0 radical (unpaired) electrons. The molecule has 1 aliphatic heterocycles. The lowest BCUT2D eigenvalue weighted by Crippen LogP contribution is -2.73. The van der Waals surface area contributed by atoms with Crippen molar-refractivity contribution in [3.8, 4) is 11.5 Å². The highest BCUT2D eigenvalue weighted by atomic mass is 16.5. The number of piperidine rings is 1. The average molecular weight is 408 g/mol. The van der Waals surface area contributed by atoms with Gasteiger partial charge in [0, 0.05) is 37.0 Å². The first kappa shape index (κ1) is 19.6. The van der Waals surface area contributed by atoms with Crippen molar-refractivity contribution in [1.29, 1.82) is 0 Å². The zero-order valence-corrected chi connectivity index (χ0v) is 17.7. The fraction of sp³-hybridized carbons (Fsp3) is 0.480. The van der Waals surface area contributed by atoms with Crippen LogP contribution in [-0.4, -0.2) is 38.2 Å². The van der Waals surface area contributed by atoms with Crippen LogP contribution < -0.4 is 14.8 Å². The molecule has 5 nitrogen and oxygen atoms in total. The van der Waals surface area contributed by atoms with Gasteiger partial charge in [-0.2, -0.15) is 0 Å². The van der Waals surface area contributed by atoms with Gasteiger partial charge in [0.05, 0.1) is 12.7 Å². The Morgan fingerprint density at radius 1 is 1.10 bits per heavy atom. The summed E-state index contributed by atoms with van der Waals surface area (Å²) in [6.07, 6.45) is 3.56. The summed E-state index contributed by atoms with van der Waals surface area (Å²) in [6, 6.07) is 14.5. The van der Waals surface area contributed by atoms with Crippen molar-refractivity contribution < 1.29 is 19.0 Å². The number of methoxy groups -OCH3 is 2. The van der Waals surface area contributed by atoms with Crippen LogP contribution in [0.5, 0.6) is 11.5 Å². The van der Waals surface area contributed by atoms with Crippen LogP contribution in [0.4, 0.5) is 0 Å². The highest BCUT2D eigenvalue weighted by molar-refractivity contribution is 5.83. The largest absolute Gasteiger partial charge is 0.493 e. The first-order chi connectivity index (χ1) is 14.6. The molecule has 5 heteroatoms. The van der Waals surface area contributed by atoms with E-state index in [2.05, 4.69) is 23.5 Å². The molecule has 1 saturated heterocycles. The number of fused-ring (bicyclic) bond motifs is 1. The third kappa shape index (κ3) is 2.72. The molecule has 0 unspecified atom stereocenters. The maximum Gasteiger partial charge on any atom is 0.164 e. The Kier molecular flexibility index (Phi) is 4.83. The Morgan fingerprint density at radius 2 is 1.93 bits per heavy atom. The third-order valence-electron chi connectivity index (χ3n) is 7.51. The Balaban J connectivity index is 1.63. The molecule has 3 aliphatic rings. The SMILES string of the molecule is COc1c(OCc2ccccc2)ccc2c1[C@@]13CCN[C@@H](C2)[C@]1(OC)CCC(=O)C3. The van der Waals surface area contributed by atoms with Crippen LogP contribution in [0.1, 0.15) is 42.4 Å². The zero-order chi connectivity index (χ0) is 20.8. The van der Waals surface area contributed by atoms with E-state index in [0.29, 0.717) is 25.2 Å². The number of carbonyl (C=O) groups excluding carboxylic acids is 1. The number of rotatable bonds is 5. The molecule has 0 spiro atoms. The molecule has 2 bridgehead atoms. The first-order valence-electron chi connectivity index (χ1n) is 10.8. The molecule has 2 aromatic rings. The molecule has 2 aliphatic carbocycles. The normalized spacial score (nSPS) is 29.7. The van der Waals surface area contributed by atoms with E-state index >= 15 is 0 Å². The van der Waals surface area contributed by atoms with Crippen LogP contribution in [0.2, 0.25) is 0 Å². The van der Waals surface area contributed by atoms with E-state index in [9.17, 15) is 4.79 Å².